The Kier molecular flexibility index (Phi) is 5.17. The Hall–Kier alpha value is -1.45. The summed E-state index contributed by atoms with van der Waals surface area (Å²) in [6, 6.07) is 5.26. The molecule has 1 aliphatic carbocycles. The SMILES string of the molecule is [B]N1CCC(c2ccc(S(=O)(=O)C3C=CC([NH+]([O-])O)=CC3)cc2C)C1. The highest BCUT2D eigenvalue weighted by Gasteiger charge is 2.29. The lowest BCUT2D eigenvalue weighted by atomic mass is 9.94. The van der Waals surface area contributed by atoms with E-state index in [4.69, 9.17) is 13.2 Å². The summed E-state index contributed by atoms with van der Waals surface area (Å²) in [4.78, 5) is 2.06. The van der Waals surface area contributed by atoms with Gasteiger partial charge in [-0.15, -0.1) is 0 Å². The monoisotopic (exact) mass is 360 g/mol. The third-order valence-corrected chi connectivity index (χ3v) is 6.99. The molecule has 3 atom stereocenters. The van der Waals surface area contributed by atoms with Crippen LogP contribution in [-0.4, -0.2) is 44.8 Å². The van der Waals surface area contributed by atoms with E-state index in [9.17, 15) is 13.6 Å². The molecular weight excluding hydrogens is 339 g/mol. The Balaban J connectivity index is 1.82. The minimum atomic E-state index is -3.54. The first kappa shape index (κ1) is 18.3. The molecule has 2 N–H and O–H groups in total. The fraction of sp³-hybridized carbons (Fsp3) is 0.412. The van der Waals surface area contributed by atoms with Gasteiger partial charge in [-0.3, -0.25) is 0 Å². The molecule has 0 saturated carbocycles. The van der Waals surface area contributed by atoms with Gasteiger partial charge in [0.2, 0.25) is 0 Å². The topological polar surface area (TPSA) is 85.1 Å². The summed E-state index contributed by atoms with van der Waals surface area (Å²) in [6.07, 6.45) is 5.43. The molecule has 1 fully saturated rings. The lowest BCUT2D eigenvalue weighted by Crippen LogP contribution is -3.02. The van der Waals surface area contributed by atoms with Crippen LogP contribution >= 0.6 is 0 Å². The average molecular weight is 360 g/mol. The molecule has 25 heavy (non-hydrogen) atoms. The van der Waals surface area contributed by atoms with Crippen molar-refractivity contribution in [3.63, 3.8) is 0 Å². The summed E-state index contributed by atoms with van der Waals surface area (Å²) in [5.41, 5.74) is 2.22. The van der Waals surface area contributed by atoms with Gasteiger partial charge < -0.3 is 10.0 Å². The molecule has 2 aliphatic rings. The fourth-order valence-corrected chi connectivity index (χ4v) is 5.07. The van der Waals surface area contributed by atoms with Crippen molar-refractivity contribution in [2.75, 3.05) is 13.1 Å². The van der Waals surface area contributed by atoms with Crippen molar-refractivity contribution in [2.24, 2.45) is 0 Å². The predicted molar refractivity (Wildman–Crippen MR) is 94.8 cm³/mol. The summed E-state index contributed by atoms with van der Waals surface area (Å²) in [7, 11) is 2.28. The number of allylic oxidation sites excluding steroid dienone is 2. The first-order valence-corrected chi connectivity index (χ1v) is 9.79. The molecule has 8 heteroatoms. The van der Waals surface area contributed by atoms with Crippen LogP contribution in [0.4, 0.5) is 0 Å². The van der Waals surface area contributed by atoms with E-state index in [1.165, 1.54) is 18.2 Å². The molecule has 0 spiro atoms. The van der Waals surface area contributed by atoms with Crippen LogP contribution in [0.2, 0.25) is 0 Å². The summed E-state index contributed by atoms with van der Waals surface area (Å²) >= 11 is 0. The standard InChI is InChI=1S/C17H21BN2O4S/c1-12-10-16(6-7-17(12)13-8-9-19(18)11-13)25(23,24)15-4-2-14(3-5-15)20(21)22/h2-4,6-7,10,13,15,20-21H,5,8-9,11H2,1H3. The molecule has 0 amide bonds. The first-order chi connectivity index (χ1) is 11.8. The third kappa shape index (κ3) is 3.73. The van der Waals surface area contributed by atoms with E-state index in [0.29, 0.717) is 5.92 Å². The zero-order valence-corrected chi connectivity index (χ0v) is 14.9. The number of quaternary nitrogens is 1. The minimum absolute atomic E-state index is 0.130. The summed E-state index contributed by atoms with van der Waals surface area (Å²) in [6.45, 7) is 3.54. The van der Waals surface area contributed by atoms with Gasteiger partial charge in [-0.05, 0) is 74.2 Å². The van der Waals surface area contributed by atoms with Gasteiger partial charge >= 0.3 is 0 Å². The first-order valence-electron chi connectivity index (χ1n) is 8.25. The molecule has 3 unspecified atom stereocenters. The molecule has 6 nitrogen and oxygen atoms in total. The number of rotatable bonds is 4. The quantitative estimate of drug-likeness (QED) is 0.608. The molecule has 1 aromatic carbocycles. The Morgan fingerprint density at radius 3 is 2.68 bits per heavy atom. The van der Waals surface area contributed by atoms with Crippen LogP contribution in [0.15, 0.2) is 47.0 Å². The van der Waals surface area contributed by atoms with Crippen LogP contribution in [0.25, 0.3) is 0 Å². The maximum absolute atomic E-state index is 12.8. The number of hydrogen-bond acceptors (Lipinski definition) is 5. The van der Waals surface area contributed by atoms with Gasteiger partial charge in [0.15, 0.2) is 23.5 Å². The second-order valence-electron chi connectivity index (χ2n) is 6.64. The number of benzene rings is 1. The highest BCUT2D eigenvalue weighted by Crippen LogP contribution is 2.31. The molecule has 2 radical (unpaired) electrons. The number of sulfone groups is 1. The Labute approximate surface area is 149 Å². The fourth-order valence-electron chi connectivity index (χ4n) is 3.49. The molecule has 1 aliphatic heterocycles. The van der Waals surface area contributed by atoms with Crippen LogP contribution in [-0.2, 0) is 9.84 Å². The van der Waals surface area contributed by atoms with Gasteiger partial charge in [0, 0.05) is 0 Å². The molecule has 1 aromatic rings. The van der Waals surface area contributed by atoms with Crippen LogP contribution in [0, 0.1) is 12.1 Å². The number of nitrogens with one attached hydrogen (secondary N) is 1. The van der Waals surface area contributed by atoms with Gasteiger partial charge in [-0.1, -0.05) is 12.1 Å². The molecule has 1 saturated heterocycles. The van der Waals surface area contributed by atoms with E-state index in [0.717, 1.165) is 30.6 Å². The van der Waals surface area contributed by atoms with Crippen molar-refractivity contribution >= 4 is 17.8 Å². The van der Waals surface area contributed by atoms with Crippen LogP contribution in [0.1, 0.15) is 29.9 Å². The number of nitrogens with zero attached hydrogens (tertiary/aromatic N) is 1. The predicted octanol–water partition coefficient (Wildman–Crippen LogP) is 0.626. The lowest BCUT2D eigenvalue weighted by molar-refractivity contribution is -1.01. The van der Waals surface area contributed by atoms with Gasteiger partial charge in [-0.25, -0.2) is 13.6 Å². The highest BCUT2D eigenvalue weighted by molar-refractivity contribution is 7.92. The maximum atomic E-state index is 12.8. The maximum Gasteiger partial charge on any atom is 0.185 e. The van der Waals surface area contributed by atoms with Gasteiger partial charge in [0.25, 0.3) is 0 Å². The van der Waals surface area contributed by atoms with Crippen LogP contribution in [0.5, 0.6) is 0 Å². The van der Waals surface area contributed by atoms with Crippen molar-refractivity contribution in [3.8, 4) is 0 Å². The second-order valence-corrected chi connectivity index (χ2v) is 8.81. The highest BCUT2D eigenvalue weighted by atomic mass is 32.2. The number of aryl methyl sites for hydroxylation is 1. The molecule has 3 rings (SSSR count). The van der Waals surface area contributed by atoms with Crippen LogP contribution in [0.3, 0.4) is 0 Å². The molecular formula is C17H21BN2O4S. The van der Waals surface area contributed by atoms with E-state index in [2.05, 4.69) is 0 Å². The summed E-state index contributed by atoms with van der Waals surface area (Å²) in [5, 5.41) is 18.1. The summed E-state index contributed by atoms with van der Waals surface area (Å²) < 4.78 is 25.7. The largest absolute Gasteiger partial charge is 0.595 e. The van der Waals surface area contributed by atoms with E-state index in [-0.39, 0.29) is 17.0 Å². The van der Waals surface area contributed by atoms with Gasteiger partial charge in [0.1, 0.15) is 0 Å². The van der Waals surface area contributed by atoms with Crippen molar-refractivity contribution in [2.45, 2.75) is 35.8 Å². The van der Waals surface area contributed by atoms with E-state index in [1.54, 1.807) is 16.9 Å². The van der Waals surface area contributed by atoms with Gasteiger partial charge in [-0.2, -0.15) is 5.23 Å². The number of hydrogen-bond donors (Lipinski definition) is 2. The smallest absolute Gasteiger partial charge is 0.185 e. The lowest BCUT2D eigenvalue weighted by Gasteiger charge is -2.20. The Bertz CT molecular complexity index is 820. The Morgan fingerprint density at radius 2 is 2.16 bits per heavy atom. The van der Waals surface area contributed by atoms with Crippen molar-refractivity contribution in [1.82, 2.24) is 4.81 Å². The second kappa shape index (κ2) is 7.05. The zero-order valence-electron chi connectivity index (χ0n) is 14.1. The molecule has 132 valence electrons. The average Bonchev–Trinajstić information content (AvgIpc) is 3.01. The zero-order chi connectivity index (χ0) is 18.2. The number of hydroxylamine groups is 2. The van der Waals surface area contributed by atoms with Crippen molar-refractivity contribution in [1.29, 1.82) is 0 Å². The van der Waals surface area contributed by atoms with E-state index >= 15 is 0 Å². The van der Waals surface area contributed by atoms with Crippen molar-refractivity contribution < 1.29 is 18.9 Å². The minimum Gasteiger partial charge on any atom is -0.595 e. The summed E-state index contributed by atoms with van der Waals surface area (Å²) in [5.74, 6) is 0.331. The van der Waals surface area contributed by atoms with Crippen molar-refractivity contribution in [3.05, 3.63) is 58.5 Å². The Morgan fingerprint density at radius 1 is 1.40 bits per heavy atom. The molecule has 0 bridgehead atoms. The normalized spacial score (nSPS) is 25.8. The third-order valence-electron chi connectivity index (χ3n) is 4.94. The van der Waals surface area contributed by atoms with Gasteiger partial charge in [0.05, 0.1) is 10.1 Å². The van der Waals surface area contributed by atoms with Crippen LogP contribution < -0.4 is 5.23 Å². The molecule has 0 aromatic heterocycles. The van der Waals surface area contributed by atoms with E-state index < -0.39 is 20.3 Å². The molecule has 1 heterocycles. The van der Waals surface area contributed by atoms with E-state index in [1.807, 2.05) is 13.0 Å².